The zero-order chi connectivity index (χ0) is 30.1. The highest BCUT2D eigenvalue weighted by molar-refractivity contribution is 6.36. The third-order valence-corrected chi connectivity index (χ3v) is 11.3. The molecule has 4 unspecified atom stereocenters. The molecule has 2 saturated heterocycles. The van der Waals surface area contributed by atoms with Crippen LogP contribution in [0.4, 0.5) is 4.39 Å². The molecule has 8 nitrogen and oxygen atoms in total. The van der Waals surface area contributed by atoms with Gasteiger partial charge in [0.2, 0.25) is 0 Å². The first-order chi connectivity index (χ1) is 22.0. The van der Waals surface area contributed by atoms with Crippen LogP contribution in [-0.4, -0.2) is 41.7 Å². The van der Waals surface area contributed by atoms with Crippen LogP contribution in [0.5, 0.6) is 5.75 Å². The summed E-state index contributed by atoms with van der Waals surface area (Å²) in [5, 5.41) is 16.6. The summed E-state index contributed by atoms with van der Waals surface area (Å²) < 4.78 is 19.0. The molecule has 5 heterocycles. The number of benzene rings is 2. The highest BCUT2D eigenvalue weighted by Crippen LogP contribution is 2.63. The molecule has 3 saturated carbocycles. The topological polar surface area (TPSA) is 106 Å². The number of pyridine rings is 1. The monoisotopic (exact) mass is 620 g/mol. The quantitative estimate of drug-likeness (QED) is 0.231. The van der Waals surface area contributed by atoms with E-state index in [2.05, 4.69) is 15.3 Å². The minimum atomic E-state index is -0.643. The lowest BCUT2D eigenvalue weighted by Crippen LogP contribution is -2.35. The predicted octanol–water partition coefficient (Wildman–Crippen LogP) is 6.50. The molecule has 226 valence electrons. The van der Waals surface area contributed by atoms with Crippen molar-refractivity contribution < 1.29 is 9.50 Å². The van der Waals surface area contributed by atoms with Gasteiger partial charge >= 0.3 is 5.69 Å². The Kier molecular flexibility index (Phi) is 5.43. The van der Waals surface area contributed by atoms with E-state index in [4.69, 9.17) is 21.6 Å². The third-order valence-electron chi connectivity index (χ3n) is 10.9. The summed E-state index contributed by atoms with van der Waals surface area (Å²) in [6.45, 7) is 0. The molecule has 3 aromatic heterocycles. The van der Waals surface area contributed by atoms with E-state index in [9.17, 15) is 9.90 Å². The molecule has 0 radical (unpaired) electrons. The van der Waals surface area contributed by atoms with Gasteiger partial charge in [0.05, 0.1) is 28.3 Å². The number of hydrogen-bond donors (Lipinski definition) is 2. The van der Waals surface area contributed by atoms with Gasteiger partial charge in [-0.05, 0) is 80.4 Å². The van der Waals surface area contributed by atoms with Crippen molar-refractivity contribution >= 4 is 33.3 Å². The zero-order valence-corrected chi connectivity index (χ0v) is 25.1. The maximum atomic E-state index is 17.5. The first-order valence-electron chi connectivity index (χ1n) is 16.1. The summed E-state index contributed by atoms with van der Waals surface area (Å²) in [5.41, 5.74) is 2.83. The summed E-state index contributed by atoms with van der Waals surface area (Å²) in [5.74, 6) is 0.628. The smallest absolute Gasteiger partial charge is 0.353 e. The van der Waals surface area contributed by atoms with Gasteiger partial charge in [-0.2, -0.15) is 4.98 Å². The van der Waals surface area contributed by atoms with Crippen molar-refractivity contribution in [2.24, 2.45) is 11.8 Å². The molecule has 5 fully saturated rings. The average Bonchev–Trinajstić information content (AvgIpc) is 3.91. The van der Waals surface area contributed by atoms with E-state index in [-0.39, 0.29) is 34.7 Å². The van der Waals surface area contributed by atoms with Gasteiger partial charge < -0.3 is 10.4 Å². The minimum Gasteiger partial charge on any atom is -0.508 e. The molecule has 10 rings (SSSR count). The number of fused-ring (bicyclic) bond motifs is 6. The van der Waals surface area contributed by atoms with E-state index >= 15 is 4.39 Å². The van der Waals surface area contributed by atoms with Crippen molar-refractivity contribution in [3.63, 3.8) is 0 Å². The van der Waals surface area contributed by atoms with Gasteiger partial charge in [-0.3, -0.25) is 9.55 Å². The minimum absolute atomic E-state index is 0.0218. The van der Waals surface area contributed by atoms with E-state index in [1.165, 1.54) is 17.1 Å². The van der Waals surface area contributed by atoms with E-state index in [0.717, 1.165) is 49.9 Å². The van der Waals surface area contributed by atoms with Gasteiger partial charge in [0.1, 0.15) is 17.8 Å². The zero-order valence-electron chi connectivity index (χ0n) is 24.4. The Morgan fingerprint density at radius 3 is 2.51 bits per heavy atom. The number of phenolic OH excluding ortho intramolecular Hbond substituents is 1. The number of piperidine rings is 1. The van der Waals surface area contributed by atoms with E-state index in [0.29, 0.717) is 62.0 Å². The van der Waals surface area contributed by atoms with Crippen LogP contribution in [-0.2, 0) is 0 Å². The van der Waals surface area contributed by atoms with Crippen LogP contribution < -0.4 is 11.0 Å². The predicted molar refractivity (Wildman–Crippen MR) is 169 cm³/mol. The van der Waals surface area contributed by atoms with Crippen LogP contribution >= 0.6 is 11.6 Å². The van der Waals surface area contributed by atoms with Crippen LogP contribution in [0, 0.1) is 17.7 Å². The first kappa shape index (κ1) is 26.3. The van der Waals surface area contributed by atoms with Crippen molar-refractivity contribution in [2.75, 3.05) is 0 Å². The molecular formula is C35H30ClFN6O2. The lowest BCUT2D eigenvalue weighted by atomic mass is 9.99. The summed E-state index contributed by atoms with van der Waals surface area (Å²) in [6.07, 6.45) is 10.5. The number of rotatable bonds is 5. The van der Waals surface area contributed by atoms with Gasteiger partial charge in [-0.1, -0.05) is 23.7 Å². The molecule has 5 atom stereocenters. The van der Waals surface area contributed by atoms with Crippen molar-refractivity contribution in [2.45, 2.75) is 74.8 Å². The molecule has 3 aliphatic carbocycles. The Hall–Kier alpha value is -3.95. The fraction of sp³-hybridized carbons (Fsp3) is 0.400. The molecule has 2 N–H and O–H groups in total. The fourth-order valence-electron chi connectivity index (χ4n) is 8.65. The largest absolute Gasteiger partial charge is 0.508 e. The van der Waals surface area contributed by atoms with Crippen molar-refractivity contribution in [3.05, 3.63) is 81.3 Å². The maximum Gasteiger partial charge on any atom is 0.353 e. The molecule has 2 aromatic carbocycles. The highest BCUT2D eigenvalue weighted by atomic mass is 35.5. The second kappa shape index (κ2) is 9.30. The Balaban J connectivity index is 1.28. The molecule has 10 heteroatoms. The number of nitrogens with one attached hydrogen (secondary N) is 1. The fourth-order valence-corrected chi connectivity index (χ4v) is 8.93. The van der Waals surface area contributed by atoms with Crippen LogP contribution in [0.3, 0.4) is 0 Å². The van der Waals surface area contributed by atoms with Crippen LogP contribution in [0.15, 0.2) is 47.7 Å². The van der Waals surface area contributed by atoms with Crippen LogP contribution in [0.2, 0.25) is 5.02 Å². The molecule has 45 heavy (non-hydrogen) atoms. The van der Waals surface area contributed by atoms with Gasteiger partial charge in [-0.15, -0.1) is 0 Å². The molecule has 5 aromatic rings. The third kappa shape index (κ3) is 3.89. The second-order valence-electron chi connectivity index (χ2n) is 13.7. The number of nitrogens with zero attached hydrogens (tertiary/aromatic N) is 5. The first-order valence-corrected chi connectivity index (χ1v) is 16.5. The van der Waals surface area contributed by atoms with E-state index in [1.807, 2.05) is 6.07 Å². The van der Waals surface area contributed by atoms with Crippen LogP contribution in [0.25, 0.3) is 38.6 Å². The van der Waals surface area contributed by atoms with Crippen LogP contribution in [0.1, 0.15) is 79.8 Å². The van der Waals surface area contributed by atoms with E-state index in [1.54, 1.807) is 30.7 Å². The molecule has 5 aliphatic rings. The summed E-state index contributed by atoms with van der Waals surface area (Å²) in [7, 11) is 0. The number of phenols is 1. The molecule has 2 bridgehead atoms. The van der Waals surface area contributed by atoms with Crippen molar-refractivity contribution in [1.82, 2.24) is 29.8 Å². The molecular weight excluding hydrogens is 591 g/mol. The number of aromatic nitrogens is 5. The van der Waals surface area contributed by atoms with Crippen molar-refractivity contribution in [1.29, 1.82) is 0 Å². The Morgan fingerprint density at radius 2 is 1.76 bits per heavy atom. The molecule has 2 aliphatic heterocycles. The molecule has 0 amide bonds. The summed E-state index contributed by atoms with van der Waals surface area (Å²) >= 11 is 6.67. The number of aromatic hydroxyl groups is 1. The maximum absolute atomic E-state index is 17.5. The Labute approximate surface area is 262 Å². The SMILES string of the molecule is O=c1nc(C2C3C4CCC(C[C@H]23)N4)c2cnc(-c3cc(O)cc4cccc(Cl)c34)c(F)c2n1-c1c(C2CC2)ncnc1C1CC1. The van der Waals surface area contributed by atoms with Gasteiger partial charge in [0.15, 0.2) is 5.82 Å². The standard InChI is InChI=1S/C35H30ClFN6O2/c36-23-3-1-2-17-10-19(44)12-21(25(17)23)32-28(37)33-22(13-38-32)31(27-20-11-18-8-9-24(41-18)26(20)27)42-35(45)43(33)34-29(15-4-5-15)39-14-40-30(34)16-6-7-16/h1-3,10,12-16,18,20,24,26-27,41,44H,4-9,11H2/t18?,20-,24?,26?,27?/m0/s1. The summed E-state index contributed by atoms with van der Waals surface area (Å²) in [6, 6.07) is 9.35. The lowest BCUT2D eigenvalue weighted by molar-refractivity contribution is 0.387. The lowest BCUT2D eigenvalue weighted by Gasteiger charge is -2.20. The van der Waals surface area contributed by atoms with E-state index < -0.39 is 11.5 Å². The van der Waals surface area contributed by atoms with Gasteiger partial charge in [0.25, 0.3) is 0 Å². The van der Waals surface area contributed by atoms with Gasteiger partial charge in [-0.25, -0.2) is 19.2 Å². The second-order valence-corrected chi connectivity index (χ2v) is 14.1. The Bertz CT molecular complexity index is 2130. The number of hydrogen-bond acceptors (Lipinski definition) is 7. The summed E-state index contributed by atoms with van der Waals surface area (Å²) in [4.78, 5) is 33.2. The normalized spacial score (nSPS) is 26.8. The average molecular weight is 621 g/mol. The highest BCUT2D eigenvalue weighted by Gasteiger charge is 2.61. The number of halogens is 2. The Morgan fingerprint density at radius 1 is 0.978 bits per heavy atom. The van der Waals surface area contributed by atoms with Gasteiger partial charge in [0, 0.05) is 57.4 Å². The van der Waals surface area contributed by atoms with Crippen molar-refractivity contribution in [3.8, 4) is 22.7 Å². The molecule has 0 spiro atoms.